The van der Waals surface area contributed by atoms with Gasteiger partial charge in [0.15, 0.2) is 0 Å². The fraction of sp³-hybridized carbons (Fsp3) is 0. The molecule has 0 radical (unpaired) electrons. The number of benzene rings is 2. The van der Waals surface area contributed by atoms with Crippen LogP contribution < -0.4 is 0 Å². The second kappa shape index (κ2) is 6.27. The molecule has 2 aromatic rings. The van der Waals surface area contributed by atoms with Gasteiger partial charge in [-0.2, -0.15) is 0 Å². The van der Waals surface area contributed by atoms with Crippen LogP contribution in [-0.4, -0.2) is 27.1 Å². The van der Waals surface area contributed by atoms with Crippen LogP contribution in [0.2, 0.25) is 0 Å². The number of nitro benzene ring substituents is 1. The number of hydrogen-bond acceptors (Lipinski definition) is 5. The standard InChI is InChI=1S/C14H9NO6S/c16-13(17)9-7-12(22-8-4-2-1-3-5-8)10(14(18)19)6-11(9)15(20)21/h1-7H,(H,16,17)(H,18,19). The number of hydrogen-bond donors (Lipinski definition) is 2. The third-order valence-electron chi connectivity index (χ3n) is 2.73. The lowest BCUT2D eigenvalue weighted by Gasteiger charge is -2.08. The Balaban J connectivity index is 2.61. The predicted molar refractivity (Wildman–Crippen MR) is 77.6 cm³/mol. The average Bonchev–Trinajstić information content (AvgIpc) is 2.47. The molecule has 22 heavy (non-hydrogen) atoms. The molecule has 2 aromatic carbocycles. The fourth-order valence-corrected chi connectivity index (χ4v) is 2.74. The van der Waals surface area contributed by atoms with Crippen molar-refractivity contribution in [3.8, 4) is 0 Å². The Bertz CT molecular complexity index is 759. The van der Waals surface area contributed by atoms with E-state index in [9.17, 15) is 24.8 Å². The summed E-state index contributed by atoms with van der Waals surface area (Å²) in [6.07, 6.45) is 0. The topological polar surface area (TPSA) is 118 Å². The maximum Gasteiger partial charge on any atom is 0.342 e. The van der Waals surface area contributed by atoms with Gasteiger partial charge in [0.2, 0.25) is 0 Å². The Morgan fingerprint density at radius 1 is 1.00 bits per heavy atom. The van der Waals surface area contributed by atoms with Crippen molar-refractivity contribution in [3.63, 3.8) is 0 Å². The molecule has 7 nitrogen and oxygen atoms in total. The zero-order valence-corrected chi connectivity index (χ0v) is 11.7. The van der Waals surface area contributed by atoms with E-state index in [1.165, 1.54) is 0 Å². The minimum atomic E-state index is -1.49. The maximum absolute atomic E-state index is 11.3. The number of nitro groups is 1. The Morgan fingerprint density at radius 3 is 2.09 bits per heavy atom. The number of carboxylic acid groups (broad SMARTS) is 2. The van der Waals surface area contributed by atoms with E-state index in [2.05, 4.69) is 0 Å². The third kappa shape index (κ3) is 3.23. The van der Waals surface area contributed by atoms with Crippen LogP contribution in [0, 0.1) is 10.1 Å². The number of rotatable bonds is 5. The molecule has 0 fully saturated rings. The fourth-order valence-electron chi connectivity index (χ4n) is 1.76. The Hall–Kier alpha value is -2.87. The summed E-state index contributed by atoms with van der Waals surface area (Å²) < 4.78 is 0. The molecule has 0 atom stereocenters. The van der Waals surface area contributed by atoms with Crippen LogP contribution in [0.1, 0.15) is 20.7 Å². The van der Waals surface area contributed by atoms with Gasteiger partial charge in [-0.25, -0.2) is 9.59 Å². The molecule has 0 heterocycles. The summed E-state index contributed by atoms with van der Waals surface area (Å²) in [6, 6.07) is 10.5. The van der Waals surface area contributed by atoms with Crippen molar-refractivity contribution in [1.82, 2.24) is 0 Å². The molecule has 0 aromatic heterocycles. The molecular weight excluding hydrogens is 310 g/mol. The zero-order chi connectivity index (χ0) is 16.3. The molecule has 8 heteroatoms. The molecule has 0 amide bonds. The van der Waals surface area contributed by atoms with Gasteiger partial charge in [-0.3, -0.25) is 10.1 Å². The smallest absolute Gasteiger partial charge is 0.342 e. The summed E-state index contributed by atoms with van der Waals surface area (Å²) in [5.41, 5.74) is -1.61. The first kappa shape index (κ1) is 15.5. The van der Waals surface area contributed by atoms with Crippen LogP contribution in [0.25, 0.3) is 0 Å². The number of carboxylic acids is 2. The van der Waals surface area contributed by atoms with E-state index in [0.717, 1.165) is 23.9 Å². The lowest BCUT2D eigenvalue weighted by atomic mass is 10.1. The first-order valence-electron chi connectivity index (χ1n) is 5.92. The number of carbonyl (C=O) groups is 2. The first-order valence-corrected chi connectivity index (χ1v) is 6.73. The van der Waals surface area contributed by atoms with E-state index in [4.69, 9.17) is 5.11 Å². The quantitative estimate of drug-likeness (QED) is 0.642. The highest BCUT2D eigenvalue weighted by molar-refractivity contribution is 7.99. The average molecular weight is 319 g/mol. The number of nitrogens with zero attached hydrogens (tertiary/aromatic N) is 1. The second-order valence-corrected chi connectivity index (χ2v) is 5.26. The van der Waals surface area contributed by atoms with Crippen LogP contribution in [0.3, 0.4) is 0 Å². The molecule has 0 saturated carbocycles. The van der Waals surface area contributed by atoms with Crippen LogP contribution in [0.15, 0.2) is 52.3 Å². The zero-order valence-electron chi connectivity index (χ0n) is 10.9. The van der Waals surface area contributed by atoms with E-state index in [-0.39, 0.29) is 10.5 Å². The SMILES string of the molecule is O=C(O)c1cc([N+](=O)[O-])c(C(=O)O)cc1Sc1ccccc1. The van der Waals surface area contributed by atoms with Crippen molar-refractivity contribution in [2.75, 3.05) is 0 Å². The van der Waals surface area contributed by atoms with E-state index in [1.54, 1.807) is 30.3 Å². The molecule has 0 aliphatic rings. The van der Waals surface area contributed by atoms with Crippen LogP contribution in [-0.2, 0) is 0 Å². The van der Waals surface area contributed by atoms with E-state index in [0.29, 0.717) is 4.90 Å². The van der Waals surface area contributed by atoms with Crippen molar-refractivity contribution in [1.29, 1.82) is 0 Å². The molecule has 2 rings (SSSR count). The van der Waals surface area contributed by atoms with E-state index in [1.807, 2.05) is 0 Å². The van der Waals surface area contributed by atoms with Crippen molar-refractivity contribution in [2.45, 2.75) is 9.79 Å². The summed E-state index contributed by atoms with van der Waals surface area (Å²) in [7, 11) is 0. The van der Waals surface area contributed by atoms with E-state index >= 15 is 0 Å². The first-order chi connectivity index (χ1) is 10.4. The summed E-state index contributed by atoms with van der Waals surface area (Å²) in [4.78, 5) is 33.3. The van der Waals surface area contributed by atoms with Gasteiger partial charge in [-0.05, 0) is 18.2 Å². The second-order valence-electron chi connectivity index (χ2n) is 4.15. The Morgan fingerprint density at radius 2 is 1.59 bits per heavy atom. The lowest BCUT2D eigenvalue weighted by Crippen LogP contribution is -2.07. The Labute approximate surface area is 128 Å². The van der Waals surface area contributed by atoms with Crippen molar-refractivity contribution in [2.24, 2.45) is 0 Å². The van der Waals surface area contributed by atoms with Crippen LogP contribution >= 0.6 is 11.8 Å². The van der Waals surface area contributed by atoms with Crippen molar-refractivity contribution >= 4 is 29.4 Å². The van der Waals surface area contributed by atoms with Gasteiger partial charge in [0.1, 0.15) is 5.56 Å². The molecule has 0 aliphatic heterocycles. The predicted octanol–water partition coefficient (Wildman–Crippen LogP) is 3.14. The number of aromatic carboxylic acids is 2. The van der Waals surface area contributed by atoms with Gasteiger partial charge in [0, 0.05) is 15.9 Å². The molecule has 0 unspecified atom stereocenters. The van der Waals surface area contributed by atoms with Crippen molar-refractivity contribution < 1.29 is 24.7 Å². The highest BCUT2D eigenvalue weighted by Crippen LogP contribution is 2.34. The molecule has 0 bridgehead atoms. The van der Waals surface area contributed by atoms with Gasteiger partial charge < -0.3 is 10.2 Å². The largest absolute Gasteiger partial charge is 0.478 e. The summed E-state index contributed by atoms with van der Waals surface area (Å²) >= 11 is 1.03. The monoisotopic (exact) mass is 319 g/mol. The molecular formula is C14H9NO6S. The normalized spacial score (nSPS) is 10.2. The highest BCUT2D eigenvalue weighted by atomic mass is 32.2. The molecule has 0 aliphatic carbocycles. The van der Waals surface area contributed by atoms with Crippen LogP contribution in [0.5, 0.6) is 0 Å². The lowest BCUT2D eigenvalue weighted by molar-refractivity contribution is -0.385. The summed E-state index contributed by atoms with van der Waals surface area (Å²) in [6.45, 7) is 0. The van der Waals surface area contributed by atoms with Gasteiger partial charge >= 0.3 is 11.9 Å². The van der Waals surface area contributed by atoms with Gasteiger partial charge in [-0.1, -0.05) is 30.0 Å². The third-order valence-corrected chi connectivity index (χ3v) is 3.79. The molecule has 0 saturated heterocycles. The molecule has 0 spiro atoms. The summed E-state index contributed by atoms with van der Waals surface area (Å²) in [5, 5.41) is 29.2. The van der Waals surface area contributed by atoms with Crippen molar-refractivity contribution in [3.05, 3.63) is 63.7 Å². The van der Waals surface area contributed by atoms with Gasteiger partial charge in [-0.15, -0.1) is 0 Å². The highest BCUT2D eigenvalue weighted by Gasteiger charge is 2.25. The molecule has 2 N–H and O–H groups in total. The maximum atomic E-state index is 11.3. The molecule has 112 valence electrons. The minimum Gasteiger partial charge on any atom is -0.478 e. The van der Waals surface area contributed by atoms with Gasteiger partial charge in [0.25, 0.3) is 5.69 Å². The van der Waals surface area contributed by atoms with Gasteiger partial charge in [0.05, 0.1) is 10.5 Å². The Kier molecular flexibility index (Phi) is 4.42. The minimum absolute atomic E-state index is 0.127. The van der Waals surface area contributed by atoms with Crippen LogP contribution in [0.4, 0.5) is 5.69 Å². The summed E-state index contributed by atoms with van der Waals surface area (Å²) in [5.74, 6) is -2.85. The van der Waals surface area contributed by atoms with E-state index < -0.39 is 28.1 Å².